The Bertz CT molecular complexity index is 235. The fourth-order valence-electron chi connectivity index (χ4n) is 0.593. The van der Waals surface area contributed by atoms with Crippen molar-refractivity contribution in [1.82, 2.24) is 0 Å². The Morgan fingerprint density at radius 3 is 1.15 bits per heavy atom. The predicted molar refractivity (Wildman–Crippen MR) is 58.7 cm³/mol. The van der Waals surface area contributed by atoms with Gasteiger partial charge in [0.05, 0.1) is 25.1 Å². The molecule has 0 heterocycles. The van der Waals surface area contributed by atoms with E-state index in [9.17, 15) is 0 Å². The summed E-state index contributed by atoms with van der Waals surface area (Å²) in [6.07, 6.45) is 0. The van der Waals surface area contributed by atoms with Crippen LogP contribution in [-0.4, -0.2) is 0 Å². The Labute approximate surface area is 119 Å². The molecule has 0 atom stereocenters. The van der Waals surface area contributed by atoms with E-state index in [2.05, 4.69) is 12.6 Å². The van der Waals surface area contributed by atoms with Crippen molar-refractivity contribution in [2.24, 2.45) is 0 Å². The summed E-state index contributed by atoms with van der Waals surface area (Å²) in [5, 5.41) is 0.889. The predicted octanol–water partition coefficient (Wildman–Crippen LogP) is 5.24. The van der Waals surface area contributed by atoms with Gasteiger partial charge in [-0.25, -0.2) is 0 Å². The average molecular weight is 348 g/mol. The SMILES string of the molecule is Sc1c(Cl)c(Cl)c(Cl)c(Cl)c1Cl.[Zn]. The first-order valence-corrected chi connectivity index (χ1v) is 5.01. The van der Waals surface area contributed by atoms with Crippen molar-refractivity contribution in [3.05, 3.63) is 25.1 Å². The van der Waals surface area contributed by atoms with E-state index in [4.69, 9.17) is 58.0 Å². The van der Waals surface area contributed by atoms with Gasteiger partial charge in [0.1, 0.15) is 0 Å². The number of hydrogen-bond donors (Lipinski definition) is 1. The minimum Gasteiger partial charge on any atom is -0.140 e. The first-order chi connectivity index (χ1) is 5.46. The molecule has 0 N–H and O–H groups in total. The van der Waals surface area contributed by atoms with Crippen LogP contribution in [0.1, 0.15) is 0 Å². The number of benzene rings is 1. The molecule has 7 heteroatoms. The zero-order valence-electron chi connectivity index (χ0n) is 6.04. The molecule has 0 aliphatic heterocycles. The summed E-state index contributed by atoms with van der Waals surface area (Å²) in [5.41, 5.74) is 0. The minimum absolute atomic E-state index is 0. The summed E-state index contributed by atoms with van der Waals surface area (Å²) >= 11 is 32.6. The molecule has 0 aromatic heterocycles. The normalized spacial score (nSPS) is 9.69. The van der Waals surface area contributed by atoms with Crippen LogP contribution in [0.2, 0.25) is 25.1 Å². The van der Waals surface area contributed by atoms with Gasteiger partial charge in [-0.1, -0.05) is 58.0 Å². The van der Waals surface area contributed by atoms with Gasteiger partial charge < -0.3 is 0 Å². The maximum atomic E-state index is 5.72. The zero-order valence-corrected chi connectivity index (χ0v) is 13.7. The number of rotatable bonds is 0. The van der Waals surface area contributed by atoms with E-state index in [0.717, 1.165) is 0 Å². The summed E-state index contributed by atoms with van der Waals surface area (Å²) < 4.78 is 0. The molecule has 0 radical (unpaired) electrons. The molecule has 68 valence electrons. The van der Waals surface area contributed by atoms with Crippen molar-refractivity contribution in [2.75, 3.05) is 0 Å². The molecule has 1 aromatic rings. The first-order valence-electron chi connectivity index (χ1n) is 2.67. The van der Waals surface area contributed by atoms with Crippen LogP contribution in [0.4, 0.5) is 0 Å². The second kappa shape index (κ2) is 5.65. The third-order valence-corrected chi connectivity index (χ3v) is 4.17. The molecule has 0 spiro atoms. The molecule has 0 saturated heterocycles. The molecule has 0 fully saturated rings. The molecule has 0 amide bonds. The number of hydrogen-bond acceptors (Lipinski definition) is 1. The molecular weight excluding hydrogens is 347 g/mol. The Morgan fingerprint density at radius 2 is 0.846 bits per heavy atom. The van der Waals surface area contributed by atoms with Crippen molar-refractivity contribution in [3.63, 3.8) is 0 Å². The van der Waals surface area contributed by atoms with Gasteiger partial charge in [0.25, 0.3) is 0 Å². The molecule has 0 unspecified atom stereocenters. The molecule has 0 nitrogen and oxygen atoms in total. The van der Waals surface area contributed by atoms with Gasteiger partial charge in [-0.3, -0.25) is 0 Å². The van der Waals surface area contributed by atoms with E-state index in [1.54, 1.807) is 0 Å². The summed E-state index contributed by atoms with van der Waals surface area (Å²) in [5.74, 6) is 0. The van der Waals surface area contributed by atoms with Gasteiger partial charge >= 0.3 is 0 Å². The zero-order chi connectivity index (χ0) is 9.46. The van der Waals surface area contributed by atoms with Gasteiger partial charge in [0, 0.05) is 24.4 Å². The monoisotopic (exact) mass is 344 g/mol. The maximum absolute atomic E-state index is 5.72. The fraction of sp³-hybridized carbons (Fsp3) is 0. The van der Waals surface area contributed by atoms with Crippen LogP contribution < -0.4 is 0 Å². The van der Waals surface area contributed by atoms with Gasteiger partial charge in [-0.15, -0.1) is 12.6 Å². The van der Waals surface area contributed by atoms with E-state index in [1.807, 2.05) is 0 Å². The summed E-state index contributed by atoms with van der Waals surface area (Å²) in [7, 11) is 0. The molecule has 1 aromatic carbocycles. The van der Waals surface area contributed by atoms with E-state index in [1.165, 1.54) is 0 Å². The van der Waals surface area contributed by atoms with E-state index in [-0.39, 0.29) is 44.6 Å². The van der Waals surface area contributed by atoms with Gasteiger partial charge in [-0.05, 0) is 0 Å². The van der Waals surface area contributed by atoms with E-state index in [0.29, 0.717) is 4.90 Å². The summed E-state index contributed by atoms with van der Waals surface area (Å²) in [4.78, 5) is 0.331. The molecule has 1 rings (SSSR count). The quantitative estimate of drug-likeness (QED) is 0.282. The van der Waals surface area contributed by atoms with Crippen molar-refractivity contribution < 1.29 is 19.5 Å². The van der Waals surface area contributed by atoms with Gasteiger partial charge in [0.15, 0.2) is 0 Å². The van der Waals surface area contributed by atoms with E-state index < -0.39 is 0 Å². The Morgan fingerprint density at radius 1 is 0.615 bits per heavy atom. The average Bonchev–Trinajstić information content (AvgIpc) is 2.08. The Kier molecular flexibility index (Phi) is 6.37. The second-order valence-corrected chi connectivity index (χ2v) is 4.26. The Balaban J connectivity index is 0.00000144. The molecule has 13 heavy (non-hydrogen) atoms. The van der Waals surface area contributed by atoms with Crippen LogP contribution in [-0.2, 0) is 19.5 Å². The van der Waals surface area contributed by atoms with Crippen LogP contribution in [0.15, 0.2) is 4.90 Å². The minimum atomic E-state index is 0. The topological polar surface area (TPSA) is 0 Å². The number of thiol groups is 1. The fourth-order valence-corrected chi connectivity index (χ4v) is 2.09. The summed E-state index contributed by atoms with van der Waals surface area (Å²) in [6, 6.07) is 0. The molecule has 0 aliphatic rings. The van der Waals surface area contributed by atoms with Crippen molar-refractivity contribution in [3.8, 4) is 0 Å². The van der Waals surface area contributed by atoms with Crippen LogP contribution >= 0.6 is 70.6 Å². The summed E-state index contributed by atoms with van der Waals surface area (Å²) in [6.45, 7) is 0. The maximum Gasteiger partial charge on any atom is 0.0809 e. The van der Waals surface area contributed by atoms with Gasteiger partial charge in [-0.2, -0.15) is 0 Å². The second-order valence-electron chi connectivity index (χ2n) is 1.92. The van der Waals surface area contributed by atoms with Crippen LogP contribution in [0.3, 0.4) is 0 Å². The van der Waals surface area contributed by atoms with E-state index >= 15 is 0 Å². The molecular formula is C6HCl5SZn. The molecule has 0 bridgehead atoms. The molecule has 0 saturated carbocycles. The number of halogens is 5. The van der Waals surface area contributed by atoms with Crippen molar-refractivity contribution >= 4 is 70.6 Å². The third kappa shape index (κ3) is 2.81. The Hall–Kier alpha value is 1.64. The van der Waals surface area contributed by atoms with Crippen LogP contribution in [0.25, 0.3) is 0 Å². The van der Waals surface area contributed by atoms with Crippen molar-refractivity contribution in [1.29, 1.82) is 0 Å². The van der Waals surface area contributed by atoms with Crippen LogP contribution in [0.5, 0.6) is 0 Å². The largest absolute Gasteiger partial charge is 0.140 e. The first kappa shape index (κ1) is 14.6. The van der Waals surface area contributed by atoms with Crippen molar-refractivity contribution in [2.45, 2.75) is 4.90 Å². The standard InChI is InChI=1S/C6HCl5S.Zn/c7-1-2(8)4(10)6(12)5(11)3(1)9;/h12H;. The van der Waals surface area contributed by atoms with Gasteiger partial charge in [0.2, 0.25) is 0 Å². The van der Waals surface area contributed by atoms with Crippen LogP contribution in [0, 0.1) is 0 Å². The molecule has 0 aliphatic carbocycles. The smallest absolute Gasteiger partial charge is 0.0809 e. The third-order valence-electron chi connectivity index (χ3n) is 1.19.